The molecule has 0 radical (unpaired) electrons. The van der Waals surface area contributed by atoms with Crippen LogP contribution in [-0.4, -0.2) is 61.7 Å². The molecule has 5 aliphatic rings. The Morgan fingerprint density at radius 3 is 2.44 bits per heavy atom. The van der Waals surface area contributed by atoms with Crippen LogP contribution in [0, 0.1) is 40.4 Å². The van der Waals surface area contributed by atoms with E-state index < -0.39 is 40.3 Å². The normalized spacial score (nSPS) is 52.4. The van der Waals surface area contributed by atoms with E-state index in [4.69, 9.17) is 4.74 Å². The van der Waals surface area contributed by atoms with Crippen molar-refractivity contribution in [2.75, 3.05) is 0 Å². The second-order valence-corrected chi connectivity index (χ2v) is 13.4. The van der Waals surface area contributed by atoms with Crippen LogP contribution in [0.5, 0.6) is 0 Å². The lowest BCUT2D eigenvalue weighted by Crippen LogP contribution is -2.63. The van der Waals surface area contributed by atoms with Crippen molar-refractivity contribution in [3.8, 4) is 0 Å². The smallest absolute Gasteiger partial charge is 0.309 e. The van der Waals surface area contributed by atoms with Gasteiger partial charge in [-0.05, 0) is 86.7 Å². The van der Waals surface area contributed by atoms with Crippen molar-refractivity contribution in [3.63, 3.8) is 0 Å². The van der Waals surface area contributed by atoms with E-state index in [1.165, 1.54) is 0 Å². The predicted molar refractivity (Wildman–Crippen MR) is 133 cm³/mol. The molecule has 0 bridgehead atoms. The summed E-state index contributed by atoms with van der Waals surface area (Å²) in [7, 11) is 0. The largest absolute Gasteiger partial charge is 0.459 e. The zero-order chi connectivity index (χ0) is 26.4. The number of ketones is 1. The second-order valence-electron chi connectivity index (χ2n) is 13.4. The van der Waals surface area contributed by atoms with Gasteiger partial charge in [0.1, 0.15) is 11.7 Å². The Kier molecular flexibility index (Phi) is 6.11. The zero-order valence-electron chi connectivity index (χ0n) is 22.4. The highest BCUT2D eigenvalue weighted by molar-refractivity contribution is 5.95. The van der Waals surface area contributed by atoms with Gasteiger partial charge in [0, 0.05) is 11.3 Å². The Hall–Kier alpha value is -1.28. The van der Waals surface area contributed by atoms with Crippen molar-refractivity contribution >= 4 is 11.8 Å². The van der Waals surface area contributed by atoms with Crippen molar-refractivity contribution < 1.29 is 34.8 Å². The molecule has 5 rings (SSSR count). The molecule has 12 atom stereocenters. The maximum Gasteiger partial charge on any atom is 0.309 e. The number of esters is 1. The van der Waals surface area contributed by atoms with Crippen molar-refractivity contribution in [2.45, 2.75) is 115 Å². The minimum atomic E-state index is -1.31. The summed E-state index contributed by atoms with van der Waals surface area (Å²) in [6.07, 6.45) is 3.62. The number of fused-ring (bicyclic) bond motifs is 5. The summed E-state index contributed by atoms with van der Waals surface area (Å²) < 4.78 is 5.81. The monoisotopic (exact) mass is 504 g/mol. The lowest BCUT2D eigenvalue weighted by molar-refractivity contribution is -0.207. The van der Waals surface area contributed by atoms with Crippen LogP contribution >= 0.6 is 0 Å². The first kappa shape index (κ1) is 26.3. The summed E-state index contributed by atoms with van der Waals surface area (Å²) in [4.78, 5) is 26.0. The summed E-state index contributed by atoms with van der Waals surface area (Å²) in [5.74, 6) is -1.13. The first-order valence-electron chi connectivity index (χ1n) is 14.0. The molecule has 4 fully saturated rings. The number of carbonyl (C=O) groups excluding carboxylic acids is 2. The number of hydrogen-bond acceptors (Lipinski definition) is 7. The Morgan fingerprint density at radius 2 is 1.78 bits per heavy atom. The first-order chi connectivity index (χ1) is 16.7. The van der Waals surface area contributed by atoms with E-state index in [0.29, 0.717) is 32.1 Å². The Balaban J connectivity index is 1.49. The summed E-state index contributed by atoms with van der Waals surface area (Å²) >= 11 is 0. The standard InChI is InChI=1S/C29H44O7/c1-6-16-11-24(36-25(33)15(16)2)28(5,34)23-8-10-29(35)18-12-20(30)19-13-21(31)22(32)14-26(19,3)17(18)7-9-27(23,29)4/h12,15-17,19,21-24,31-32,34-35H,6-11,13-14H2,1-5H3/t15?,16?,17-,19-,21+,22-,23-,24?,26+,27+,28?,29+/m0/s1. The van der Waals surface area contributed by atoms with Crippen molar-refractivity contribution in [1.82, 2.24) is 0 Å². The molecule has 36 heavy (non-hydrogen) atoms. The Morgan fingerprint density at radius 1 is 1.08 bits per heavy atom. The maximum absolute atomic E-state index is 13.4. The summed E-state index contributed by atoms with van der Waals surface area (Å²) in [5, 5.41) is 45.2. The van der Waals surface area contributed by atoms with Gasteiger partial charge in [-0.3, -0.25) is 9.59 Å². The number of carbonyl (C=O) groups is 2. The topological polar surface area (TPSA) is 124 Å². The van der Waals surface area contributed by atoms with Crippen LogP contribution in [-0.2, 0) is 14.3 Å². The van der Waals surface area contributed by atoms with Gasteiger partial charge in [0.15, 0.2) is 5.78 Å². The van der Waals surface area contributed by atoms with Crippen LogP contribution in [0.25, 0.3) is 0 Å². The molecule has 7 heteroatoms. The molecule has 4 N–H and O–H groups in total. The maximum atomic E-state index is 13.4. The van der Waals surface area contributed by atoms with Crippen molar-refractivity contribution in [2.24, 2.45) is 40.4 Å². The molecule has 1 heterocycles. The third-order valence-electron chi connectivity index (χ3n) is 11.9. The predicted octanol–water partition coefficient (Wildman–Crippen LogP) is 2.92. The third kappa shape index (κ3) is 3.38. The molecular formula is C29H44O7. The number of allylic oxidation sites excluding steroid dienone is 1. The number of aliphatic hydroxyl groups excluding tert-OH is 2. The fraction of sp³-hybridized carbons (Fsp3) is 0.862. The molecule has 0 aromatic rings. The highest BCUT2D eigenvalue weighted by Crippen LogP contribution is 2.68. The van der Waals surface area contributed by atoms with Gasteiger partial charge < -0.3 is 25.2 Å². The molecule has 202 valence electrons. The van der Waals surface area contributed by atoms with Crippen LogP contribution in [0.4, 0.5) is 0 Å². The van der Waals surface area contributed by atoms with Gasteiger partial charge in [-0.2, -0.15) is 0 Å². The number of rotatable bonds is 3. The SMILES string of the molecule is CCC1CC(C(C)(O)[C@H]2CC[C@@]3(O)C4=CC(=O)[C@@H]5C[C@@H](O)[C@@H](O)C[C@]5(C)[C@H]4CC[C@]23C)OC(=O)C1C. The van der Waals surface area contributed by atoms with Gasteiger partial charge in [-0.15, -0.1) is 0 Å². The van der Waals surface area contributed by atoms with Crippen LogP contribution in [0.3, 0.4) is 0 Å². The molecule has 0 aromatic heterocycles. The van der Waals surface area contributed by atoms with Crippen molar-refractivity contribution in [3.05, 3.63) is 11.6 Å². The fourth-order valence-electron chi connectivity index (χ4n) is 9.38. The number of hydrogen-bond donors (Lipinski definition) is 4. The minimum Gasteiger partial charge on any atom is -0.459 e. The molecular weight excluding hydrogens is 460 g/mol. The van der Waals surface area contributed by atoms with Crippen molar-refractivity contribution in [1.29, 1.82) is 0 Å². The third-order valence-corrected chi connectivity index (χ3v) is 11.9. The number of aliphatic hydroxyl groups is 4. The first-order valence-corrected chi connectivity index (χ1v) is 14.0. The van der Waals surface area contributed by atoms with E-state index in [1.807, 2.05) is 20.8 Å². The quantitative estimate of drug-likeness (QED) is 0.436. The van der Waals surface area contributed by atoms with E-state index in [2.05, 4.69) is 6.92 Å². The van der Waals surface area contributed by atoms with Gasteiger partial charge in [0.05, 0.1) is 23.7 Å². The zero-order valence-corrected chi connectivity index (χ0v) is 22.4. The van der Waals surface area contributed by atoms with E-state index in [-0.39, 0.29) is 47.8 Å². The lowest BCUT2D eigenvalue weighted by Gasteiger charge is -2.61. The molecule has 0 aromatic carbocycles. The molecule has 1 saturated heterocycles. The molecule has 4 unspecified atom stereocenters. The highest BCUT2D eigenvalue weighted by atomic mass is 16.6. The molecule has 0 amide bonds. The number of cyclic esters (lactones) is 1. The average Bonchev–Trinajstić information content (AvgIpc) is 3.09. The second kappa shape index (κ2) is 8.36. The minimum absolute atomic E-state index is 0.0676. The van der Waals surface area contributed by atoms with Crippen LogP contribution in [0.15, 0.2) is 11.6 Å². The Labute approximate surface area is 214 Å². The molecule has 4 aliphatic carbocycles. The van der Waals surface area contributed by atoms with Crippen LogP contribution < -0.4 is 0 Å². The van der Waals surface area contributed by atoms with Gasteiger partial charge in [0.2, 0.25) is 0 Å². The lowest BCUT2D eigenvalue weighted by atomic mass is 9.45. The summed E-state index contributed by atoms with van der Waals surface area (Å²) in [6.45, 7) is 9.77. The van der Waals surface area contributed by atoms with Gasteiger partial charge >= 0.3 is 5.97 Å². The molecule has 0 spiro atoms. The molecule has 1 aliphatic heterocycles. The van der Waals surface area contributed by atoms with E-state index in [0.717, 1.165) is 18.4 Å². The van der Waals surface area contributed by atoms with E-state index >= 15 is 0 Å². The van der Waals surface area contributed by atoms with Gasteiger partial charge in [-0.1, -0.05) is 34.1 Å². The van der Waals surface area contributed by atoms with Gasteiger partial charge in [0.25, 0.3) is 0 Å². The number of ether oxygens (including phenoxy) is 1. The highest BCUT2D eigenvalue weighted by Gasteiger charge is 2.69. The van der Waals surface area contributed by atoms with Crippen LogP contribution in [0.1, 0.15) is 86.0 Å². The van der Waals surface area contributed by atoms with E-state index in [9.17, 15) is 30.0 Å². The summed E-state index contributed by atoms with van der Waals surface area (Å²) in [5.41, 5.74) is -3.05. The fourth-order valence-corrected chi connectivity index (χ4v) is 9.38. The molecule has 7 nitrogen and oxygen atoms in total. The average molecular weight is 505 g/mol. The van der Waals surface area contributed by atoms with E-state index in [1.54, 1.807) is 13.0 Å². The molecule has 3 saturated carbocycles. The summed E-state index contributed by atoms with van der Waals surface area (Å²) in [6, 6.07) is 0. The van der Waals surface area contributed by atoms with Crippen LogP contribution in [0.2, 0.25) is 0 Å². The Bertz CT molecular complexity index is 973. The van der Waals surface area contributed by atoms with Gasteiger partial charge in [-0.25, -0.2) is 0 Å².